The molecule has 82 valence electrons. The molecule has 1 aromatic rings. The van der Waals surface area contributed by atoms with Gasteiger partial charge in [0.1, 0.15) is 0 Å². The molecule has 1 aromatic heterocycles. The van der Waals surface area contributed by atoms with Crippen molar-refractivity contribution in [1.29, 1.82) is 0 Å². The van der Waals surface area contributed by atoms with Gasteiger partial charge in [0.2, 0.25) is 0 Å². The molecule has 1 aliphatic rings. The molecule has 1 fully saturated rings. The molecule has 1 heterocycles. The van der Waals surface area contributed by atoms with Crippen molar-refractivity contribution in [1.82, 2.24) is 5.32 Å². The first kappa shape index (κ1) is 10.6. The molecule has 3 nitrogen and oxygen atoms in total. The Kier molecular flexibility index (Phi) is 3.38. The van der Waals surface area contributed by atoms with Crippen LogP contribution in [-0.4, -0.2) is 17.6 Å². The predicted octanol–water partition coefficient (Wildman–Crippen LogP) is 2.26. The van der Waals surface area contributed by atoms with Crippen LogP contribution in [0, 0.1) is 5.92 Å². The van der Waals surface area contributed by atoms with E-state index in [0.29, 0.717) is 0 Å². The maximum absolute atomic E-state index is 10.7. The standard InChI is InChI=1S/C11H15NO2S/c13-11(14)5-10(9-3-4-15-7-9)12-6-8-1-2-8/h3-4,7-8,10,12H,1-2,5-6H2,(H,13,14)/t10-/m1/s1. The molecule has 2 N–H and O–H groups in total. The van der Waals surface area contributed by atoms with E-state index in [1.54, 1.807) is 11.3 Å². The monoisotopic (exact) mass is 225 g/mol. The molecule has 0 saturated heterocycles. The number of hydrogen-bond donors (Lipinski definition) is 2. The number of thiophene rings is 1. The van der Waals surface area contributed by atoms with Gasteiger partial charge in [-0.05, 0) is 47.7 Å². The largest absolute Gasteiger partial charge is 0.481 e. The summed E-state index contributed by atoms with van der Waals surface area (Å²) in [4.78, 5) is 10.7. The van der Waals surface area contributed by atoms with Gasteiger partial charge in [-0.3, -0.25) is 4.79 Å². The van der Waals surface area contributed by atoms with Crippen molar-refractivity contribution in [2.45, 2.75) is 25.3 Å². The van der Waals surface area contributed by atoms with Gasteiger partial charge in [-0.2, -0.15) is 11.3 Å². The highest BCUT2D eigenvalue weighted by Crippen LogP contribution is 2.29. The van der Waals surface area contributed by atoms with Crippen molar-refractivity contribution in [3.05, 3.63) is 22.4 Å². The van der Waals surface area contributed by atoms with Gasteiger partial charge in [0, 0.05) is 6.04 Å². The van der Waals surface area contributed by atoms with Crippen molar-refractivity contribution in [3.63, 3.8) is 0 Å². The molecule has 0 radical (unpaired) electrons. The Bertz CT molecular complexity index is 319. The summed E-state index contributed by atoms with van der Waals surface area (Å²) >= 11 is 1.61. The molecule has 0 bridgehead atoms. The summed E-state index contributed by atoms with van der Waals surface area (Å²) in [5.74, 6) is 0.0365. The van der Waals surface area contributed by atoms with E-state index < -0.39 is 5.97 Å². The first-order valence-electron chi connectivity index (χ1n) is 5.23. The second-order valence-corrected chi connectivity index (χ2v) is 4.84. The zero-order chi connectivity index (χ0) is 10.7. The SMILES string of the molecule is O=C(O)C[C@@H](NCC1CC1)c1ccsc1. The minimum Gasteiger partial charge on any atom is -0.481 e. The van der Waals surface area contributed by atoms with Gasteiger partial charge in [-0.25, -0.2) is 0 Å². The summed E-state index contributed by atoms with van der Waals surface area (Å²) in [5, 5.41) is 16.2. The van der Waals surface area contributed by atoms with Crippen molar-refractivity contribution < 1.29 is 9.90 Å². The van der Waals surface area contributed by atoms with Crippen molar-refractivity contribution in [2.24, 2.45) is 5.92 Å². The summed E-state index contributed by atoms with van der Waals surface area (Å²) in [7, 11) is 0. The molecule has 0 spiro atoms. The fourth-order valence-electron chi connectivity index (χ4n) is 1.59. The molecule has 1 saturated carbocycles. The minimum atomic E-state index is -0.741. The number of carboxylic acids is 1. The minimum absolute atomic E-state index is 0.0191. The van der Waals surface area contributed by atoms with E-state index >= 15 is 0 Å². The number of rotatable bonds is 6. The first-order chi connectivity index (χ1) is 7.25. The number of nitrogens with one attached hydrogen (secondary N) is 1. The smallest absolute Gasteiger partial charge is 0.305 e. The lowest BCUT2D eigenvalue weighted by atomic mass is 10.1. The van der Waals surface area contributed by atoms with Crippen LogP contribution in [0.15, 0.2) is 16.8 Å². The number of carboxylic acid groups (broad SMARTS) is 1. The Labute approximate surface area is 93.1 Å². The summed E-state index contributed by atoms with van der Waals surface area (Å²) in [5.41, 5.74) is 1.10. The van der Waals surface area contributed by atoms with Crippen LogP contribution in [-0.2, 0) is 4.79 Å². The summed E-state index contributed by atoms with van der Waals surface area (Å²) < 4.78 is 0. The van der Waals surface area contributed by atoms with Crippen molar-refractivity contribution >= 4 is 17.3 Å². The van der Waals surface area contributed by atoms with E-state index in [9.17, 15) is 4.79 Å². The zero-order valence-electron chi connectivity index (χ0n) is 8.48. The molecule has 4 heteroatoms. The average Bonchev–Trinajstić information content (AvgIpc) is 2.85. The fourth-order valence-corrected chi connectivity index (χ4v) is 2.30. The summed E-state index contributed by atoms with van der Waals surface area (Å²) in [6.45, 7) is 0.952. The predicted molar refractivity (Wildman–Crippen MR) is 60.0 cm³/mol. The van der Waals surface area contributed by atoms with Crippen LogP contribution in [0.4, 0.5) is 0 Å². The van der Waals surface area contributed by atoms with Crippen LogP contribution in [0.2, 0.25) is 0 Å². The second-order valence-electron chi connectivity index (χ2n) is 4.06. The van der Waals surface area contributed by atoms with Gasteiger partial charge in [-0.1, -0.05) is 0 Å². The molecule has 1 atom stereocenters. The Hall–Kier alpha value is -0.870. The lowest BCUT2D eigenvalue weighted by molar-refractivity contribution is -0.137. The van der Waals surface area contributed by atoms with Gasteiger partial charge < -0.3 is 10.4 Å². The van der Waals surface area contributed by atoms with Crippen LogP contribution in [0.25, 0.3) is 0 Å². The number of carbonyl (C=O) groups is 1. The van der Waals surface area contributed by atoms with E-state index in [1.807, 2.05) is 16.8 Å². The topological polar surface area (TPSA) is 49.3 Å². The van der Waals surface area contributed by atoms with E-state index in [2.05, 4.69) is 5.32 Å². The average molecular weight is 225 g/mol. The molecule has 1 aliphatic carbocycles. The quantitative estimate of drug-likeness (QED) is 0.780. The van der Waals surface area contributed by atoms with Crippen LogP contribution in [0.3, 0.4) is 0 Å². The molecular weight excluding hydrogens is 210 g/mol. The van der Waals surface area contributed by atoms with E-state index in [-0.39, 0.29) is 12.5 Å². The lowest BCUT2D eigenvalue weighted by Crippen LogP contribution is -2.25. The maximum Gasteiger partial charge on any atom is 0.305 e. The Morgan fingerprint density at radius 3 is 3.00 bits per heavy atom. The normalized spacial score (nSPS) is 17.6. The van der Waals surface area contributed by atoms with Crippen molar-refractivity contribution in [3.8, 4) is 0 Å². The molecule has 15 heavy (non-hydrogen) atoms. The maximum atomic E-state index is 10.7. The zero-order valence-corrected chi connectivity index (χ0v) is 9.30. The van der Waals surface area contributed by atoms with Gasteiger partial charge >= 0.3 is 5.97 Å². The van der Waals surface area contributed by atoms with Crippen LogP contribution < -0.4 is 5.32 Å². The molecule has 0 aliphatic heterocycles. The van der Waals surface area contributed by atoms with Gasteiger partial charge in [0.25, 0.3) is 0 Å². The van der Waals surface area contributed by atoms with E-state index in [0.717, 1.165) is 18.0 Å². The highest BCUT2D eigenvalue weighted by molar-refractivity contribution is 7.07. The third-order valence-electron chi connectivity index (χ3n) is 2.67. The molecular formula is C11H15NO2S. The van der Waals surface area contributed by atoms with Crippen molar-refractivity contribution in [2.75, 3.05) is 6.54 Å². The van der Waals surface area contributed by atoms with Crippen LogP contribution >= 0.6 is 11.3 Å². The van der Waals surface area contributed by atoms with Crippen LogP contribution in [0.5, 0.6) is 0 Å². The lowest BCUT2D eigenvalue weighted by Gasteiger charge is -2.15. The Morgan fingerprint density at radius 1 is 1.67 bits per heavy atom. The third-order valence-corrected chi connectivity index (χ3v) is 3.38. The molecule has 2 rings (SSSR count). The van der Waals surface area contributed by atoms with Gasteiger partial charge in [0.05, 0.1) is 6.42 Å². The highest BCUT2D eigenvalue weighted by Gasteiger charge is 2.23. The Morgan fingerprint density at radius 2 is 2.47 bits per heavy atom. The molecule has 0 aromatic carbocycles. The van der Waals surface area contributed by atoms with E-state index in [4.69, 9.17) is 5.11 Å². The second kappa shape index (κ2) is 4.77. The molecule has 0 amide bonds. The highest BCUT2D eigenvalue weighted by atomic mass is 32.1. The summed E-state index contributed by atoms with van der Waals surface area (Å²) in [6, 6.07) is 1.98. The van der Waals surface area contributed by atoms with E-state index in [1.165, 1.54) is 12.8 Å². The van der Waals surface area contributed by atoms with Gasteiger partial charge in [-0.15, -0.1) is 0 Å². The third kappa shape index (κ3) is 3.32. The Balaban J connectivity index is 1.91. The summed E-state index contributed by atoms with van der Waals surface area (Å²) in [6.07, 6.45) is 2.75. The first-order valence-corrected chi connectivity index (χ1v) is 6.17. The fraction of sp³-hybridized carbons (Fsp3) is 0.545. The molecule has 0 unspecified atom stereocenters. The number of hydrogen-bond acceptors (Lipinski definition) is 3. The number of aliphatic carboxylic acids is 1. The van der Waals surface area contributed by atoms with Gasteiger partial charge in [0.15, 0.2) is 0 Å². The van der Waals surface area contributed by atoms with Crippen LogP contribution in [0.1, 0.15) is 30.9 Å².